The summed E-state index contributed by atoms with van der Waals surface area (Å²) >= 11 is 0. The van der Waals surface area contributed by atoms with Crippen molar-refractivity contribution in [3.8, 4) is 11.5 Å². The number of hydrogen-bond acceptors (Lipinski definition) is 6. The van der Waals surface area contributed by atoms with E-state index in [1.807, 2.05) is 0 Å². The van der Waals surface area contributed by atoms with Crippen LogP contribution in [-0.4, -0.2) is 56.2 Å². The first-order chi connectivity index (χ1) is 14.4. The number of methoxy groups -OCH3 is 3. The summed E-state index contributed by atoms with van der Waals surface area (Å²) in [5, 5.41) is 11.1. The Morgan fingerprint density at radius 3 is 2.20 bits per heavy atom. The molecule has 0 bridgehead atoms. The zero-order valence-corrected chi connectivity index (χ0v) is 17.5. The summed E-state index contributed by atoms with van der Waals surface area (Å²) in [6.45, 7) is 2.29. The Kier molecular flexibility index (Phi) is 6.42. The number of ether oxygens (including phenoxy) is 3. The smallest absolute Gasteiger partial charge is 0.295 e. The highest BCUT2D eigenvalue weighted by Crippen LogP contribution is 2.40. The van der Waals surface area contributed by atoms with Gasteiger partial charge in [-0.3, -0.25) is 9.59 Å². The molecule has 1 aliphatic rings. The van der Waals surface area contributed by atoms with Gasteiger partial charge in [-0.15, -0.1) is 0 Å². The number of Topliss-reactive ketones (excluding diaryl/α,β-unsaturated/α-hetero) is 1. The molecule has 7 heteroatoms. The Balaban J connectivity index is 2.16. The standard InChI is InChI=1S/C23H25NO6/c1-14-13-17(30-4)9-10-18(14)21(25)19-20(15-5-7-16(29-3)8-6-15)24(11-12-28-2)23(27)22(19)26/h5-10,13,20,25H,11-12H2,1-4H3/b21-19-. The molecule has 0 aliphatic carbocycles. The van der Waals surface area contributed by atoms with Crippen molar-refractivity contribution >= 4 is 17.4 Å². The summed E-state index contributed by atoms with van der Waals surface area (Å²) in [6, 6.07) is 11.5. The topological polar surface area (TPSA) is 85.3 Å². The number of likely N-dealkylation sites (tertiary alicyclic amines) is 1. The Morgan fingerprint density at radius 1 is 1.00 bits per heavy atom. The van der Waals surface area contributed by atoms with Gasteiger partial charge in [0.15, 0.2) is 0 Å². The largest absolute Gasteiger partial charge is 0.507 e. The van der Waals surface area contributed by atoms with Crippen LogP contribution < -0.4 is 9.47 Å². The molecule has 1 atom stereocenters. The quantitative estimate of drug-likeness (QED) is 0.428. The van der Waals surface area contributed by atoms with Gasteiger partial charge in [0.05, 0.1) is 32.4 Å². The van der Waals surface area contributed by atoms with Gasteiger partial charge < -0.3 is 24.2 Å². The molecule has 7 nitrogen and oxygen atoms in total. The number of nitrogens with zero attached hydrogens (tertiary/aromatic N) is 1. The highest BCUT2D eigenvalue weighted by atomic mass is 16.5. The third kappa shape index (κ3) is 3.89. The van der Waals surface area contributed by atoms with E-state index < -0.39 is 17.7 Å². The third-order valence-corrected chi connectivity index (χ3v) is 5.20. The maximum atomic E-state index is 12.9. The number of hydrogen-bond donors (Lipinski definition) is 1. The lowest BCUT2D eigenvalue weighted by Crippen LogP contribution is -2.32. The molecule has 1 heterocycles. The van der Waals surface area contributed by atoms with Gasteiger partial charge in [-0.05, 0) is 48.4 Å². The van der Waals surface area contributed by atoms with Crippen LogP contribution in [0.1, 0.15) is 22.7 Å². The van der Waals surface area contributed by atoms with Gasteiger partial charge in [0.25, 0.3) is 11.7 Å². The number of carbonyl (C=O) groups is 2. The van der Waals surface area contributed by atoms with Crippen molar-refractivity contribution in [2.24, 2.45) is 0 Å². The van der Waals surface area contributed by atoms with E-state index in [2.05, 4.69) is 0 Å². The average Bonchev–Trinajstić information content (AvgIpc) is 3.01. The summed E-state index contributed by atoms with van der Waals surface area (Å²) in [5.74, 6) is -0.315. The van der Waals surface area contributed by atoms with Crippen molar-refractivity contribution in [1.82, 2.24) is 4.90 Å². The minimum Gasteiger partial charge on any atom is -0.507 e. The second-order valence-electron chi connectivity index (χ2n) is 6.94. The number of aliphatic hydroxyl groups is 1. The molecule has 1 fully saturated rings. The summed E-state index contributed by atoms with van der Waals surface area (Å²) in [6.07, 6.45) is 0. The van der Waals surface area contributed by atoms with Crippen LogP contribution in [0.25, 0.3) is 5.76 Å². The van der Waals surface area contributed by atoms with Crippen LogP contribution >= 0.6 is 0 Å². The zero-order valence-electron chi connectivity index (χ0n) is 17.5. The van der Waals surface area contributed by atoms with Crippen LogP contribution in [0.4, 0.5) is 0 Å². The summed E-state index contributed by atoms with van der Waals surface area (Å²) in [4.78, 5) is 27.1. The van der Waals surface area contributed by atoms with Gasteiger partial charge in [-0.2, -0.15) is 0 Å². The third-order valence-electron chi connectivity index (χ3n) is 5.20. The molecule has 0 saturated carbocycles. The fourth-order valence-electron chi connectivity index (χ4n) is 3.61. The zero-order chi connectivity index (χ0) is 21.8. The first-order valence-electron chi connectivity index (χ1n) is 9.49. The summed E-state index contributed by atoms with van der Waals surface area (Å²) in [5.41, 5.74) is 1.94. The van der Waals surface area contributed by atoms with E-state index in [0.29, 0.717) is 22.6 Å². The van der Waals surface area contributed by atoms with Crippen LogP contribution in [0.15, 0.2) is 48.0 Å². The monoisotopic (exact) mass is 411 g/mol. The van der Waals surface area contributed by atoms with E-state index >= 15 is 0 Å². The first-order valence-corrected chi connectivity index (χ1v) is 9.49. The number of aryl methyl sites for hydroxylation is 1. The minimum atomic E-state index is -0.729. The lowest BCUT2D eigenvalue weighted by molar-refractivity contribution is -0.140. The molecule has 0 spiro atoms. The molecule has 2 aromatic rings. The molecule has 3 rings (SSSR count). The van der Waals surface area contributed by atoms with Crippen LogP contribution in [0.2, 0.25) is 0 Å². The molecule has 30 heavy (non-hydrogen) atoms. The fraction of sp³-hybridized carbons (Fsp3) is 0.304. The number of carbonyl (C=O) groups excluding carboxylic acids is 2. The van der Waals surface area contributed by atoms with Gasteiger partial charge >= 0.3 is 0 Å². The van der Waals surface area contributed by atoms with Gasteiger partial charge in [0.1, 0.15) is 17.3 Å². The van der Waals surface area contributed by atoms with E-state index in [0.717, 1.165) is 5.56 Å². The Bertz CT molecular complexity index is 980. The first kappa shape index (κ1) is 21.4. The highest BCUT2D eigenvalue weighted by Gasteiger charge is 2.46. The molecular formula is C23H25NO6. The van der Waals surface area contributed by atoms with Crippen LogP contribution in [-0.2, 0) is 14.3 Å². The number of benzene rings is 2. The SMILES string of the molecule is COCCN1C(=O)C(=O)/C(=C(\O)c2ccc(OC)cc2C)C1c1ccc(OC)cc1. The predicted octanol–water partition coefficient (Wildman–Crippen LogP) is 3.08. The van der Waals surface area contributed by atoms with Gasteiger partial charge in [0, 0.05) is 19.2 Å². The number of amides is 1. The van der Waals surface area contributed by atoms with Crippen LogP contribution in [0, 0.1) is 6.92 Å². The second-order valence-corrected chi connectivity index (χ2v) is 6.94. The molecule has 1 aliphatic heterocycles. The molecule has 1 saturated heterocycles. The van der Waals surface area contributed by atoms with Crippen molar-refractivity contribution in [2.45, 2.75) is 13.0 Å². The number of aliphatic hydroxyl groups excluding tert-OH is 1. The molecule has 1 amide bonds. The van der Waals surface area contributed by atoms with Crippen molar-refractivity contribution in [3.63, 3.8) is 0 Å². The Hall–Kier alpha value is -3.32. The number of rotatable bonds is 7. The summed E-state index contributed by atoms with van der Waals surface area (Å²) < 4.78 is 15.5. The molecule has 158 valence electrons. The average molecular weight is 411 g/mol. The van der Waals surface area contributed by atoms with Crippen molar-refractivity contribution in [3.05, 3.63) is 64.7 Å². The molecule has 1 unspecified atom stereocenters. The van der Waals surface area contributed by atoms with Gasteiger partial charge in [-0.25, -0.2) is 0 Å². The molecule has 0 radical (unpaired) electrons. The van der Waals surface area contributed by atoms with E-state index in [1.54, 1.807) is 63.6 Å². The molecule has 2 aromatic carbocycles. The van der Waals surface area contributed by atoms with Crippen molar-refractivity contribution in [2.75, 3.05) is 34.5 Å². The van der Waals surface area contributed by atoms with Gasteiger partial charge in [0.2, 0.25) is 0 Å². The lowest BCUT2D eigenvalue weighted by Gasteiger charge is -2.25. The molecule has 1 N–H and O–H groups in total. The maximum Gasteiger partial charge on any atom is 0.295 e. The van der Waals surface area contributed by atoms with E-state index in [9.17, 15) is 14.7 Å². The van der Waals surface area contributed by atoms with Crippen LogP contribution in [0.3, 0.4) is 0 Å². The highest BCUT2D eigenvalue weighted by molar-refractivity contribution is 6.46. The van der Waals surface area contributed by atoms with E-state index in [1.165, 1.54) is 12.0 Å². The van der Waals surface area contributed by atoms with Crippen molar-refractivity contribution in [1.29, 1.82) is 0 Å². The molecular weight excluding hydrogens is 386 g/mol. The predicted molar refractivity (Wildman–Crippen MR) is 112 cm³/mol. The van der Waals surface area contributed by atoms with Gasteiger partial charge in [-0.1, -0.05) is 12.1 Å². The fourth-order valence-corrected chi connectivity index (χ4v) is 3.61. The Morgan fingerprint density at radius 2 is 1.63 bits per heavy atom. The normalized spacial score (nSPS) is 18.0. The number of ketones is 1. The molecule has 0 aromatic heterocycles. The van der Waals surface area contributed by atoms with Crippen LogP contribution in [0.5, 0.6) is 11.5 Å². The van der Waals surface area contributed by atoms with E-state index in [-0.39, 0.29) is 24.5 Å². The second kappa shape index (κ2) is 9.00. The minimum absolute atomic E-state index is 0.0505. The summed E-state index contributed by atoms with van der Waals surface area (Å²) in [7, 11) is 4.64. The van der Waals surface area contributed by atoms with Crippen molar-refractivity contribution < 1.29 is 28.9 Å². The van der Waals surface area contributed by atoms with E-state index in [4.69, 9.17) is 14.2 Å². The Labute approximate surface area is 175 Å². The lowest BCUT2D eigenvalue weighted by atomic mass is 9.94. The maximum absolute atomic E-state index is 12.9.